The number of carbonyl (C=O) groups excluding carboxylic acids is 1. The van der Waals surface area contributed by atoms with Gasteiger partial charge in [0.25, 0.3) is 10.0 Å². The van der Waals surface area contributed by atoms with Gasteiger partial charge in [0.1, 0.15) is 12.4 Å². The van der Waals surface area contributed by atoms with Crippen LogP contribution in [0.25, 0.3) is 0 Å². The van der Waals surface area contributed by atoms with Crippen molar-refractivity contribution < 1.29 is 17.9 Å². The average molecular weight is 373 g/mol. The molecule has 2 heterocycles. The zero-order valence-corrected chi connectivity index (χ0v) is 15.3. The van der Waals surface area contributed by atoms with Gasteiger partial charge < -0.3 is 14.5 Å². The predicted molar refractivity (Wildman–Crippen MR) is 99.6 cm³/mol. The van der Waals surface area contributed by atoms with E-state index in [-0.39, 0.29) is 17.2 Å². The SMILES string of the molecule is CN1CCOc2ccc(NS(=O)(=O)c3ccc4c(c3)CC(=O)N4C)cc21. The Balaban J connectivity index is 1.64. The van der Waals surface area contributed by atoms with Crippen LogP contribution in [0.2, 0.25) is 0 Å². The van der Waals surface area contributed by atoms with Crippen LogP contribution in [0.3, 0.4) is 0 Å². The molecule has 0 aromatic heterocycles. The lowest BCUT2D eigenvalue weighted by Crippen LogP contribution is -2.28. The highest BCUT2D eigenvalue weighted by Gasteiger charge is 2.26. The third kappa shape index (κ3) is 2.76. The van der Waals surface area contributed by atoms with E-state index in [1.165, 1.54) is 6.07 Å². The van der Waals surface area contributed by atoms with Gasteiger partial charge in [-0.1, -0.05) is 0 Å². The summed E-state index contributed by atoms with van der Waals surface area (Å²) in [6.45, 7) is 1.35. The van der Waals surface area contributed by atoms with Crippen LogP contribution in [0.5, 0.6) is 5.75 Å². The Labute approximate surface area is 152 Å². The standard InChI is InChI=1S/C18H19N3O4S/c1-20-7-8-25-17-6-3-13(11-16(17)20)19-26(23,24)14-4-5-15-12(9-14)10-18(22)21(15)2/h3-6,9,11,19H,7-8,10H2,1-2H3. The number of anilines is 3. The first-order valence-electron chi connectivity index (χ1n) is 8.25. The minimum atomic E-state index is -3.75. The second kappa shape index (κ2) is 5.91. The number of likely N-dealkylation sites (N-methyl/N-ethyl adjacent to an activating group) is 2. The highest BCUT2D eigenvalue weighted by Crippen LogP contribution is 2.34. The molecule has 4 rings (SSSR count). The minimum absolute atomic E-state index is 0.0415. The molecule has 0 bridgehead atoms. The van der Waals surface area contributed by atoms with Gasteiger partial charge in [-0.2, -0.15) is 0 Å². The van der Waals surface area contributed by atoms with Crippen molar-refractivity contribution in [1.29, 1.82) is 0 Å². The third-order valence-corrected chi connectivity index (χ3v) is 6.12. The fourth-order valence-corrected chi connectivity index (χ4v) is 4.34. The van der Waals surface area contributed by atoms with Crippen molar-refractivity contribution in [2.75, 3.05) is 41.8 Å². The second-order valence-electron chi connectivity index (χ2n) is 6.48. The third-order valence-electron chi connectivity index (χ3n) is 4.75. The van der Waals surface area contributed by atoms with E-state index < -0.39 is 10.0 Å². The molecule has 2 aliphatic rings. The van der Waals surface area contributed by atoms with Crippen molar-refractivity contribution in [1.82, 2.24) is 0 Å². The molecule has 0 atom stereocenters. The van der Waals surface area contributed by atoms with Crippen molar-refractivity contribution in [2.24, 2.45) is 0 Å². The summed E-state index contributed by atoms with van der Waals surface area (Å²) in [6, 6.07) is 9.95. The summed E-state index contributed by atoms with van der Waals surface area (Å²) in [5.41, 5.74) is 2.79. The van der Waals surface area contributed by atoms with E-state index >= 15 is 0 Å². The second-order valence-corrected chi connectivity index (χ2v) is 8.16. The number of sulfonamides is 1. The van der Waals surface area contributed by atoms with E-state index in [4.69, 9.17) is 4.74 Å². The van der Waals surface area contributed by atoms with Crippen LogP contribution in [0.15, 0.2) is 41.3 Å². The molecule has 0 saturated carbocycles. The Morgan fingerprint density at radius 1 is 1.08 bits per heavy atom. The Hall–Kier alpha value is -2.74. The number of rotatable bonds is 3. The molecule has 2 aromatic rings. The van der Waals surface area contributed by atoms with Gasteiger partial charge in [0, 0.05) is 19.8 Å². The molecule has 1 N–H and O–H groups in total. The molecule has 8 heteroatoms. The van der Waals surface area contributed by atoms with Crippen molar-refractivity contribution in [2.45, 2.75) is 11.3 Å². The van der Waals surface area contributed by atoms with E-state index in [1.807, 2.05) is 11.9 Å². The number of benzene rings is 2. The zero-order valence-electron chi connectivity index (χ0n) is 14.5. The fraction of sp³-hybridized carbons (Fsp3) is 0.278. The predicted octanol–water partition coefficient (Wildman–Crippen LogP) is 1.83. The van der Waals surface area contributed by atoms with E-state index in [9.17, 15) is 13.2 Å². The summed E-state index contributed by atoms with van der Waals surface area (Å²) in [5.74, 6) is 0.695. The van der Waals surface area contributed by atoms with Crippen LogP contribution >= 0.6 is 0 Å². The number of nitrogens with one attached hydrogen (secondary N) is 1. The summed E-state index contributed by atoms with van der Waals surface area (Å²) in [7, 11) is -0.128. The lowest BCUT2D eigenvalue weighted by molar-refractivity contribution is -0.117. The number of nitrogens with zero attached hydrogens (tertiary/aromatic N) is 2. The van der Waals surface area contributed by atoms with Gasteiger partial charge in [0.15, 0.2) is 0 Å². The van der Waals surface area contributed by atoms with Crippen LogP contribution in [-0.2, 0) is 21.2 Å². The molecule has 7 nitrogen and oxygen atoms in total. The van der Waals surface area contributed by atoms with E-state index in [1.54, 1.807) is 42.3 Å². The van der Waals surface area contributed by atoms with Crippen LogP contribution in [-0.4, -0.2) is 41.6 Å². The first-order valence-corrected chi connectivity index (χ1v) is 9.74. The largest absolute Gasteiger partial charge is 0.490 e. The Bertz CT molecular complexity index is 1000. The van der Waals surface area contributed by atoms with Gasteiger partial charge >= 0.3 is 0 Å². The van der Waals surface area contributed by atoms with E-state index in [0.717, 1.165) is 29.2 Å². The van der Waals surface area contributed by atoms with Crippen LogP contribution in [0.4, 0.5) is 17.1 Å². The molecular formula is C18H19N3O4S. The van der Waals surface area contributed by atoms with Crippen molar-refractivity contribution in [3.05, 3.63) is 42.0 Å². The smallest absolute Gasteiger partial charge is 0.261 e. The fourth-order valence-electron chi connectivity index (χ4n) is 3.24. The molecule has 1 amide bonds. The Kier molecular flexibility index (Phi) is 3.80. The highest BCUT2D eigenvalue weighted by atomic mass is 32.2. The molecule has 0 fully saturated rings. The Morgan fingerprint density at radius 3 is 2.69 bits per heavy atom. The molecule has 0 radical (unpaired) electrons. The summed E-state index contributed by atoms with van der Waals surface area (Å²) in [4.78, 5) is 15.5. The maximum absolute atomic E-state index is 12.8. The van der Waals surface area contributed by atoms with Crippen molar-refractivity contribution >= 4 is 33.0 Å². The quantitative estimate of drug-likeness (QED) is 0.888. The Morgan fingerprint density at radius 2 is 1.88 bits per heavy atom. The molecule has 136 valence electrons. The highest BCUT2D eigenvalue weighted by molar-refractivity contribution is 7.92. The van der Waals surface area contributed by atoms with Crippen LogP contribution in [0, 0.1) is 0 Å². The maximum atomic E-state index is 12.8. The lowest BCUT2D eigenvalue weighted by Gasteiger charge is -2.28. The van der Waals surface area contributed by atoms with E-state index in [2.05, 4.69) is 4.72 Å². The van der Waals surface area contributed by atoms with E-state index in [0.29, 0.717) is 12.3 Å². The van der Waals surface area contributed by atoms with Crippen molar-refractivity contribution in [3.63, 3.8) is 0 Å². The van der Waals surface area contributed by atoms with Crippen LogP contribution < -0.4 is 19.3 Å². The van der Waals surface area contributed by atoms with Gasteiger partial charge in [-0.15, -0.1) is 0 Å². The molecular weight excluding hydrogens is 354 g/mol. The number of hydrogen-bond donors (Lipinski definition) is 1. The van der Waals surface area contributed by atoms with Gasteiger partial charge in [0.2, 0.25) is 5.91 Å². The molecule has 0 saturated heterocycles. The number of ether oxygens (including phenoxy) is 1. The number of fused-ring (bicyclic) bond motifs is 2. The molecule has 0 unspecified atom stereocenters. The topological polar surface area (TPSA) is 79.0 Å². The summed E-state index contributed by atoms with van der Waals surface area (Å²) < 4.78 is 33.7. The number of hydrogen-bond acceptors (Lipinski definition) is 5. The molecule has 26 heavy (non-hydrogen) atoms. The van der Waals surface area contributed by atoms with Gasteiger partial charge in [-0.3, -0.25) is 9.52 Å². The normalized spacial score (nSPS) is 16.2. The molecule has 2 aliphatic heterocycles. The summed E-state index contributed by atoms with van der Waals surface area (Å²) >= 11 is 0. The molecule has 2 aromatic carbocycles. The summed E-state index contributed by atoms with van der Waals surface area (Å²) in [5, 5.41) is 0. The van der Waals surface area contributed by atoms with Gasteiger partial charge in [0.05, 0.1) is 29.2 Å². The first-order chi connectivity index (χ1) is 12.3. The zero-order chi connectivity index (χ0) is 18.5. The van der Waals surface area contributed by atoms with Gasteiger partial charge in [-0.05, 0) is 42.0 Å². The number of carbonyl (C=O) groups is 1. The molecule has 0 spiro atoms. The van der Waals surface area contributed by atoms with Crippen molar-refractivity contribution in [3.8, 4) is 5.75 Å². The number of amides is 1. The van der Waals surface area contributed by atoms with Crippen LogP contribution in [0.1, 0.15) is 5.56 Å². The monoisotopic (exact) mass is 373 g/mol. The van der Waals surface area contributed by atoms with Gasteiger partial charge in [-0.25, -0.2) is 8.42 Å². The molecule has 0 aliphatic carbocycles. The lowest BCUT2D eigenvalue weighted by atomic mass is 10.2. The maximum Gasteiger partial charge on any atom is 0.261 e. The minimum Gasteiger partial charge on any atom is -0.490 e. The first kappa shape index (κ1) is 16.7. The average Bonchev–Trinajstić information content (AvgIpc) is 2.89. The summed E-state index contributed by atoms with van der Waals surface area (Å²) in [6.07, 6.45) is 0.218.